The van der Waals surface area contributed by atoms with E-state index in [-0.39, 0.29) is 24.0 Å². The van der Waals surface area contributed by atoms with Gasteiger partial charge in [-0.15, -0.1) is 24.0 Å². The lowest BCUT2D eigenvalue weighted by atomic mass is 10.2. The molecule has 0 saturated carbocycles. The smallest absolute Gasteiger partial charge is 0.191 e. The second-order valence-corrected chi connectivity index (χ2v) is 6.00. The molecule has 0 fully saturated rings. The zero-order valence-electron chi connectivity index (χ0n) is 14.8. The highest BCUT2D eigenvalue weighted by atomic mass is 127. The van der Waals surface area contributed by atoms with E-state index in [0.717, 1.165) is 23.8 Å². The Morgan fingerprint density at radius 1 is 1.31 bits per heavy atom. The van der Waals surface area contributed by atoms with Gasteiger partial charge in [-0.25, -0.2) is 4.99 Å². The molecule has 0 bridgehead atoms. The maximum Gasteiger partial charge on any atom is 0.191 e. The van der Waals surface area contributed by atoms with Crippen LogP contribution < -0.4 is 20.1 Å². The summed E-state index contributed by atoms with van der Waals surface area (Å²) in [7, 11) is 1.91. The van der Waals surface area contributed by atoms with Gasteiger partial charge in [-0.05, 0) is 30.7 Å². The van der Waals surface area contributed by atoms with Crippen molar-refractivity contribution in [2.24, 2.45) is 12.0 Å². The van der Waals surface area contributed by atoms with Crippen molar-refractivity contribution < 1.29 is 9.47 Å². The highest BCUT2D eigenvalue weighted by molar-refractivity contribution is 14.0. The van der Waals surface area contributed by atoms with Gasteiger partial charge in [-0.3, -0.25) is 4.68 Å². The van der Waals surface area contributed by atoms with Crippen LogP contribution in [0.5, 0.6) is 11.5 Å². The Hall–Kier alpha value is -1.68. The zero-order valence-corrected chi connectivity index (χ0v) is 17.9. The normalized spacial score (nSPS) is 13.1. The van der Waals surface area contributed by atoms with Gasteiger partial charge in [0.2, 0.25) is 0 Å². The Balaban J connectivity index is 0.00000243. The molecule has 1 aliphatic heterocycles. The molecule has 2 heterocycles. The number of nitrogens with one attached hydrogen (secondary N) is 2. The van der Waals surface area contributed by atoms with Crippen molar-refractivity contribution in [3.05, 3.63) is 40.7 Å². The lowest BCUT2D eigenvalue weighted by Gasteiger charge is -2.20. The van der Waals surface area contributed by atoms with E-state index in [1.807, 2.05) is 36.9 Å². The lowest BCUT2D eigenvalue weighted by Crippen LogP contribution is -2.37. The van der Waals surface area contributed by atoms with Crippen molar-refractivity contribution >= 4 is 41.5 Å². The van der Waals surface area contributed by atoms with Crippen LogP contribution in [0.25, 0.3) is 0 Å². The molecule has 0 amide bonds. The molecule has 1 aromatic heterocycles. The Bertz CT molecular complexity index is 766. The van der Waals surface area contributed by atoms with E-state index in [0.29, 0.717) is 42.8 Å². The second-order valence-electron chi connectivity index (χ2n) is 5.60. The number of hydrogen-bond acceptors (Lipinski definition) is 4. The summed E-state index contributed by atoms with van der Waals surface area (Å²) in [4.78, 5) is 4.61. The van der Waals surface area contributed by atoms with Crippen LogP contribution in [0.2, 0.25) is 5.02 Å². The summed E-state index contributed by atoms with van der Waals surface area (Å²) in [5.41, 5.74) is 2.04. The molecule has 2 N–H and O–H groups in total. The summed E-state index contributed by atoms with van der Waals surface area (Å²) in [5, 5.41) is 11.2. The maximum atomic E-state index is 6.28. The summed E-state index contributed by atoms with van der Waals surface area (Å²) in [5.74, 6) is 2.02. The summed E-state index contributed by atoms with van der Waals surface area (Å²) in [6, 6.07) is 5.76. The molecule has 7 nitrogen and oxygen atoms in total. The summed E-state index contributed by atoms with van der Waals surface area (Å²) >= 11 is 6.28. The molecule has 26 heavy (non-hydrogen) atoms. The molecule has 0 radical (unpaired) electrons. The summed E-state index contributed by atoms with van der Waals surface area (Å²) in [6.45, 7) is 4.99. The number of hydrogen-bond donors (Lipinski definition) is 2. The molecule has 0 aliphatic carbocycles. The molecule has 2 aromatic rings. The molecule has 1 aliphatic rings. The number of aliphatic imine (C=N–C) groups is 1. The number of benzene rings is 1. The van der Waals surface area contributed by atoms with Gasteiger partial charge in [0.25, 0.3) is 0 Å². The molecule has 3 rings (SSSR count). The van der Waals surface area contributed by atoms with Gasteiger partial charge in [-0.2, -0.15) is 5.10 Å². The molecule has 142 valence electrons. The van der Waals surface area contributed by atoms with Crippen molar-refractivity contribution in [3.8, 4) is 11.5 Å². The van der Waals surface area contributed by atoms with E-state index in [9.17, 15) is 0 Å². The van der Waals surface area contributed by atoms with Crippen molar-refractivity contribution in [2.75, 3.05) is 19.8 Å². The van der Waals surface area contributed by atoms with Gasteiger partial charge in [0.05, 0.1) is 23.8 Å². The van der Waals surface area contributed by atoms with Gasteiger partial charge in [-0.1, -0.05) is 11.6 Å². The number of guanidine groups is 1. The third-order valence-electron chi connectivity index (χ3n) is 3.78. The van der Waals surface area contributed by atoms with Crippen LogP contribution in [0.1, 0.15) is 18.2 Å². The van der Waals surface area contributed by atoms with Gasteiger partial charge in [0.1, 0.15) is 13.2 Å². The van der Waals surface area contributed by atoms with E-state index >= 15 is 0 Å². The number of fused-ring (bicyclic) bond motifs is 1. The standard InChI is InChI=1S/C17H22ClN5O2.HI/c1-3-19-17(21-11-13-4-5-22-23(13)2)20-10-12-8-14(18)16-15(9-12)24-6-7-25-16;/h4-5,8-9H,3,6-7,10-11H2,1-2H3,(H2,19,20,21);1H. The van der Waals surface area contributed by atoms with Gasteiger partial charge >= 0.3 is 0 Å². The number of aromatic nitrogens is 2. The van der Waals surface area contributed by atoms with E-state index < -0.39 is 0 Å². The fourth-order valence-corrected chi connectivity index (χ4v) is 2.80. The fraction of sp³-hybridized carbons (Fsp3) is 0.412. The van der Waals surface area contributed by atoms with Gasteiger partial charge in [0.15, 0.2) is 17.5 Å². The zero-order chi connectivity index (χ0) is 17.6. The van der Waals surface area contributed by atoms with Gasteiger partial charge < -0.3 is 20.1 Å². The fourth-order valence-electron chi connectivity index (χ4n) is 2.52. The first kappa shape index (κ1) is 20.6. The molecular formula is C17H23ClIN5O2. The highest BCUT2D eigenvalue weighted by Gasteiger charge is 2.16. The second kappa shape index (κ2) is 9.86. The monoisotopic (exact) mass is 491 g/mol. The van der Waals surface area contributed by atoms with E-state index in [1.165, 1.54) is 0 Å². The average Bonchev–Trinajstić information content (AvgIpc) is 3.02. The van der Waals surface area contributed by atoms with Crippen molar-refractivity contribution in [3.63, 3.8) is 0 Å². The van der Waals surface area contributed by atoms with Crippen LogP contribution in [0.3, 0.4) is 0 Å². The lowest BCUT2D eigenvalue weighted by molar-refractivity contribution is 0.171. The molecular weight excluding hydrogens is 469 g/mol. The molecule has 0 unspecified atom stereocenters. The first-order valence-electron chi connectivity index (χ1n) is 8.24. The van der Waals surface area contributed by atoms with E-state index in [2.05, 4.69) is 20.7 Å². The average molecular weight is 492 g/mol. The van der Waals surface area contributed by atoms with Gasteiger partial charge in [0, 0.05) is 19.8 Å². The van der Waals surface area contributed by atoms with Crippen LogP contribution >= 0.6 is 35.6 Å². The first-order valence-corrected chi connectivity index (χ1v) is 8.62. The number of ether oxygens (including phenoxy) is 2. The predicted molar refractivity (Wildman–Crippen MR) is 113 cm³/mol. The number of halogens is 2. The molecule has 9 heteroatoms. The molecule has 0 saturated heterocycles. The Labute approximate surface area is 175 Å². The predicted octanol–water partition coefficient (Wildman–Crippen LogP) is 2.72. The third-order valence-corrected chi connectivity index (χ3v) is 4.06. The van der Waals surface area contributed by atoms with Crippen LogP contribution in [-0.2, 0) is 20.1 Å². The van der Waals surface area contributed by atoms with Crippen LogP contribution in [0.15, 0.2) is 29.4 Å². The largest absolute Gasteiger partial charge is 0.486 e. The SMILES string of the molecule is CCNC(=NCc1cc(Cl)c2c(c1)OCCO2)NCc1ccnn1C.I. The molecule has 0 spiro atoms. The molecule has 1 aromatic carbocycles. The Morgan fingerprint density at radius 2 is 2.12 bits per heavy atom. The topological polar surface area (TPSA) is 72.7 Å². The van der Waals surface area contributed by atoms with E-state index in [1.54, 1.807) is 6.20 Å². The number of rotatable bonds is 5. The number of nitrogens with zero attached hydrogens (tertiary/aromatic N) is 3. The minimum absolute atomic E-state index is 0. The van der Waals surface area contributed by atoms with Crippen molar-refractivity contribution in [1.82, 2.24) is 20.4 Å². The molecule has 0 atom stereocenters. The van der Waals surface area contributed by atoms with Crippen LogP contribution in [0.4, 0.5) is 0 Å². The Morgan fingerprint density at radius 3 is 2.85 bits per heavy atom. The highest BCUT2D eigenvalue weighted by Crippen LogP contribution is 2.38. The quantitative estimate of drug-likeness (QED) is 0.382. The van der Waals surface area contributed by atoms with Crippen LogP contribution in [0, 0.1) is 0 Å². The summed E-state index contributed by atoms with van der Waals surface area (Å²) in [6.07, 6.45) is 1.78. The first-order chi connectivity index (χ1) is 12.2. The third kappa shape index (κ3) is 5.16. The summed E-state index contributed by atoms with van der Waals surface area (Å²) < 4.78 is 13.0. The van der Waals surface area contributed by atoms with Crippen molar-refractivity contribution in [2.45, 2.75) is 20.0 Å². The minimum Gasteiger partial charge on any atom is -0.486 e. The van der Waals surface area contributed by atoms with E-state index in [4.69, 9.17) is 21.1 Å². The van der Waals surface area contributed by atoms with Crippen LogP contribution in [-0.4, -0.2) is 35.5 Å². The maximum absolute atomic E-state index is 6.28. The number of aryl methyl sites for hydroxylation is 1. The minimum atomic E-state index is 0. The van der Waals surface area contributed by atoms with Crippen molar-refractivity contribution in [1.29, 1.82) is 0 Å². The Kier molecular flexibility index (Phi) is 7.83.